The summed E-state index contributed by atoms with van der Waals surface area (Å²) in [6.45, 7) is 0.289. The lowest BCUT2D eigenvalue weighted by atomic mass is 10.0. The first-order valence-corrected chi connectivity index (χ1v) is 10.4. The van der Waals surface area contributed by atoms with E-state index in [9.17, 15) is 13.9 Å². The molecule has 1 N–H and O–H groups in total. The molecule has 5 rings (SSSR count). The lowest BCUT2D eigenvalue weighted by Crippen LogP contribution is -2.35. The van der Waals surface area contributed by atoms with Gasteiger partial charge in [0.1, 0.15) is 18.5 Å². The fraction of sp³-hybridized carbons (Fsp3) is 0.435. The maximum atomic E-state index is 13.3. The fourth-order valence-electron chi connectivity index (χ4n) is 4.02. The zero-order valence-electron chi connectivity index (χ0n) is 16.7. The molecule has 1 aliphatic carbocycles. The van der Waals surface area contributed by atoms with Gasteiger partial charge in [0.2, 0.25) is 0 Å². The van der Waals surface area contributed by atoms with Crippen molar-refractivity contribution in [2.24, 2.45) is 0 Å². The molecule has 1 saturated heterocycles. The van der Waals surface area contributed by atoms with Crippen molar-refractivity contribution in [3.05, 3.63) is 48.8 Å². The summed E-state index contributed by atoms with van der Waals surface area (Å²) in [4.78, 5) is 1.58. The van der Waals surface area contributed by atoms with E-state index in [1.165, 1.54) is 12.8 Å². The number of nitrogens with zero attached hydrogens (tertiary/aromatic N) is 3. The molecule has 1 aliphatic heterocycles. The van der Waals surface area contributed by atoms with E-state index < -0.39 is 12.0 Å². The quantitative estimate of drug-likeness (QED) is 0.633. The third-order valence-corrected chi connectivity index (χ3v) is 5.83. The molecule has 2 aliphatic rings. The van der Waals surface area contributed by atoms with Crippen molar-refractivity contribution < 1.29 is 18.6 Å². The number of alkyl halides is 2. The van der Waals surface area contributed by atoms with Crippen molar-refractivity contribution in [1.82, 2.24) is 14.7 Å². The van der Waals surface area contributed by atoms with Gasteiger partial charge in [0, 0.05) is 31.3 Å². The van der Waals surface area contributed by atoms with Crippen LogP contribution < -0.4 is 4.74 Å². The van der Waals surface area contributed by atoms with E-state index in [1.54, 1.807) is 4.90 Å². The Labute approximate surface area is 173 Å². The van der Waals surface area contributed by atoms with Crippen LogP contribution in [0.2, 0.25) is 0 Å². The Kier molecular flexibility index (Phi) is 4.95. The molecule has 2 heterocycles. The highest BCUT2D eigenvalue weighted by Gasteiger charge is 2.38. The molecule has 2 aromatic carbocycles. The number of hydrogen-bond acceptors (Lipinski definition) is 4. The second kappa shape index (κ2) is 7.63. The van der Waals surface area contributed by atoms with E-state index in [2.05, 4.69) is 29.5 Å². The normalized spacial score (nSPS) is 20.0. The van der Waals surface area contributed by atoms with Crippen LogP contribution in [0, 0.1) is 0 Å². The summed E-state index contributed by atoms with van der Waals surface area (Å²) < 4.78 is 34.3. The fourth-order valence-corrected chi connectivity index (χ4v) is 4.02. The molecular formula is C23H25F2N3O2. The largest absolute Gasteiger partial charge is 0.491 e. The summed E-state index contributed by atoms with van der Waals surface area (Å²) in [5.41, 5.74) is 2.24. The second-order valence-corrected chi connectivity index (χ2v) is 8.47. The Bertz CT molecular complexity index is 1050. The molecule has 30 heavy (non-hydrogen) atoms. The van der Waals surface area contributed by atoms with Crippen LogP contribution in [0.3, 0.4) is 0 Å². The lowest BCUT2D eigenvalue weighted by Gasteiger charge is -2.20. The monoisotopic (exact) mass is 413 g/mol. The number of likely N-dealkylation sites (tertiary alicyclic amines) is 1. The molecule has 1 atom stereocenters. The van der Waals surface area contributed by atoms with Crippen molar-refractivity contribution in [3.63, 3.8) is 0 Å². The minimum atomic E-state index is -2.64. The third-order valence-electron chi connectivity index (χ3n) is 5.83. The van der Waals surface area contributed by atoms with Gasteiger partial charge in [-0.1, -0.05) is 18.2 Å². The van der Waals surface area contributed by atoms with Crippen LogP contribution in [0.5, 0.6) is 5.75 Å². The van der Waals surface area contributed by atoms with Gasteiger partial charge in [-0.15, -0.1) is 0 Å². The van der Waals surface area contributed by atoms with Crippen molar-refractivity contribution in [1.29, 1.82) is 0 Å². The van der Waals surface area contributed by atoms with Crippen LogP contribution in [-0.4, -0.2) is 58.1 Å². The number of fused-ring (bicyclic) bond motifs is 1. The molecule has 7 heteroatoms. The van der Waals surface area contributed by atoms with E-state index in [0.29, 0.717) is 18.3 Å². The van der Waals surface area contributed by atoms with Crippen LogP contribution in [0.1, 0.15) is 25.3 Å². The van der Waals surface area contributed by atoms with Gasteiger partial charge >= 0.3 is 0 Å². The van der Waals surface area contributed by atoms with Gasteiger partial charge in [0.05, 0.1) is 18.8 Å². The number of rotatable bonds is 7. The van der Waals surface area contributed by atoms with Gasteiger partial charge < -0.3 is 9.84 Å². The minimum Gasteiger partial charge on any atom is -0.491 e. The molecule has 0 radical (unpaired) electrons. The number of aromatic nitrogens is 2. The predicted octanol–water partition coefficient (Wildman–Crippen LogP) is 4.12. The Hall–Kier alpha value is -2.51. The van der Waals surface area contributed by atoms with Gasteiger partial charge in [-0.3, -0.25) is 9.58 Å². The number of aliphatic hydroxyl groups excluding tert-OH is 1. The highest BCUT2D eigenvalue weighted by Crippen LogP contribution is 2.35. The standard InChI is InChI=1S/C23H25F2N3O2/c24-23(25)7-8-27(15-23)13-21(29)14-30-22-6-3-16-9-17(1-2-18(16)10-22)19-11-26-28(12-19)20-4-5-20/h1-3,6,9-12,20-21,29H,4-5,7-8,13-15H2. The maximum Gasteiger partial charge on any atom is 0.261 e. The predicted molar refractivity (Wildman–Crippen MR) is 111 cm³/mol. The number of β-amino-alcohol motifs (C(OH)–C–C–N with tert-alkyl or cyclic N) is 1. The summed E-state index contributed by atoms with van der Waals surface area (Å²) in [6, 6.07) is 12.6. The smallest absolute Gasteiger partial charge is 0.261 e. The summed E-state index contributed by atoms with van der Waals surface area (Å²) in [5.74, 6) is -1.99. The van der Waals surface area contributed by atoms with E-state index in [4.69, 9.17) is 4.74 Å². The summed E-state index contributed by atoms with van der Waals surface area (Å²) in [7, 11) is 0. The van der Waals surface area contributed by atoms with Crippen LogP contribution in [0.4, 0.5) is 8.78 Å². The summed E-state index contributed by atoms with van der Waals surface area (Å²) >= 11 is 0. The molecule has 1 saturated carbocycles. The Morgan fingerprint density at radius 1 is 1.13 bits per heavy atom. The maximum absolute atomic E-state index is 13.3. The number of aliphatic hydroxyl groups is 1. The topological polar surface area (TPSA) is 50.5 Å². The van der Waals surface area contributed by atoms with Gasteiger partial charge in [0.25, 0.3) is 5.92 Å². The average molecular weight is 413 g/mol. The van der Waals surface area contributed by atoms with E-state index in [0.717, 1.165) is 21.9 Å². The summed E-state index contributed by atoms with van der Waals surface area (Å²) in [5, 5.41) is 16.7. The first-order chi connectivity index (χ1) is 14.4. The Balaban J connectivity index is 1.21. The average Bonchev–Trinajstić information content (AvgIpc) is 3.36. The Morgan fingerprint density at radius 2 is 1.93 bits per heavy atom. The second-order valence-electron chi connectivity index (χ2n) is 8.47. The Morgan fingerprint density at radius 3 is 2.70 bits per heavy atom. The van der Waals surface area contributed by atoms with Crippen molar-refractivity contribution in [2.45, 2.75) is 37.3 Å². The summed E-state index contributed by atoms with van der Waals surface area (Å²) in [6.07, 6.45) is 5.48. The van der Waals surface area contributed by atoms with Gasteiger partial charge in [-0.2, -0.15) is 5.10 Å². The zero-order valence-corrected chi connectivity index (χ0v) is 16.7. The van der Waals surface area contributed by atoms with Gasteiger partial charge in [-0.25, -0.2) is 8.78 Å². The SMILES string of the molecule is OC(COc1ccc2cc(-c3cnn(C4CC4)c3)ccc2c1)CN1CCC(F)(F)C1. The first kappa shape index (κ1) is 19.5. The van der Waals surface area contributed by atoms with Crippen LogP contribution in [0.15, 0.2) is 48.8 Å². The van der Waals surface area contributed by atoms with E-state index in [1.807, 2.05) is 29.1 Å². The molecule has 3 aromatic rings. The lowest BCUT2D eigenvalue weighted by molar-refractivity contribution is 0.00461. The molecule has 2 fully saturated rings. The molecule has 5 nitrogen and oxygen atoms in total. The molecule has 1 unspecified atom stereocenters. The number of ether oxygens (including phenoxy) is 1. The molecule has 0 bridgehead atoms. The number of halogens is 2. The number of hydrogen-bond donors (Lipinski definition) is 1. The van der Waals surface area contributed by atoms with Crippen molar-refractivity contribution in [3.8, 4) is 16.9 Å². The van der Waals surface area contributed by atoms with Crippen LogP contribution in [-0.2, 0) is 0 Å². The molecular weight excluding hydrogens is 388 g/mol. The van der Waals surface area contributed by atoms with Crippen LogP contribution in [0.25, 0.3) is 21.9 Å². The zero-order chi connectivity index (χ0) is 20.7. The minimum absolute atomic E-state index is 0.0754. The van der Waals surface area contributed by atoms with Gasteiger partial charge in [0.15, 0.2) is 0 Å². The first-order valence-electron chi connectivity index (χ1n) is 10.4. The molecule has 0 amide bonds. The molecule has 0 spiro atoms. The van der Waals surface area contributed by atoms with Crippen molar-refractivity contribution in [2.75, 3.05) is 26.2 Å². The highest BCUT2D eigenvalue weighted by molar-refractivity contribution is 5.88. The van der Waals surface area contributed by atoms with Crippen LogP contribution >= 0.6 is 0 Å². The van der Waals surface area contributed by atoms with Crippen molar-refractivity contribution >= 4 is 10.8 Å². The molecule has 158 valence electrons. The third kappa shape index (κ3) is 4.32. The highest BCUT2D eigenvalue weighted by atomic mass is 19.3. The molecule has 1 aromatic heterocycles. The van der Waals surface area contributed by atoms with E-state index >= 15 is 0 Å². The van der Waals surface area contributed by atoms with Gasteiger partial charge in [-0.05, 0) is 47.4 Å². The number of benzene rings is 2. The van der Waals surface area contributed by atoms with E-state index in [-0.39, 0.29) is 26.1 Å².